The third-order valence-corrected chi connectivity index (χ3v) is 5.15. The first-order valence-electron chi connectivity index (χ1n) is 7.03. The van der Waals surface area contributed by atoms with Crippen molar-refractivity contribution in [2.24, 2.45) is 0 Å². The Balaban J connectivity index is 2.04. The molecule has 1 aliphatic rings. The number of carboxylic acids is 1. The highest BCUT2D eigenvalue weighted by Gasteiger charge is 2.40. The molecule has 0 saturated carbocycles. The zero-order valence-corrected chi connectivity index (χ0v) is 15.1. The minimum absolute atomic E-state index is 0.00593. The SMILES string of the molecule is CC(=O)N[C@@H](CS[C@@H]1CC(=O)N(c2ccc(Br)cc2)C1=O)C(=O)O. The van der Waals surface area contributed by atoms with Crippen LogP contribution >= 0.6 is 27.7 Å². The van der Waals surface area contributed by atoms with E-state index in [1.165, 1.54) is 6.92 Å². The maximum atomic E-state index is 12.4. The van der Waals surface area contributed by atoms with Gasteiger partial charge in [0.1, 0.15) is 6.04 Å². The Bertz CT molecular complexity index is 679. The first-order valence-corrected chi connectivity index (χ1v) is 8.87. The summed E-state index contributed by atoms with van der Waals surface area (Å²) in [4.78, 5) is 47.8. The number of imide groups is 1. The number of carbonyl (C=O) groups excluding carboxylic acids is 3. The van der Waals surface area contributed by atoms with Gasteiger partial charge in [-0.25, -0.2) is 9.69 Å². The maximum absolute atomic E-state index is 12.4. The summed E-state index contributed by atoms with van der Waals surface area (Å²) in [7, 11) is 0. The predicted molar refractivity (Wildman–Crippen MR) is 92.7 cm³/mol. The molecule has 0 spiro atoms. The second-order valence-corrected chi connectivity index (χ2v) is 7.31. The van der Waals surface area contributed by atoms with Crippen LogP contribution in [-0.2, 0) is 19.2 Å². The first kappa shape index (κ1) is 18.5. The van der Waals surface area contributed by atoms with Gasteiger partial charge in [-0.05, 0) is 24.3 Å². The van der Waals surface area contributed by atoms with Crippen molar-refractivity contribution in [3.8, 4) is 0 Å². The van der Waals surface area contributed by atoms with Crippen molar-refractivity contribution in [3.05, 3.63) is 28.7 Å². The number of carboxylic acid groups (broad SMARTS) is 1. The van der Waals surface area contributed by atoms with Crippen LogP contribution in [0.4, 0.5) is 5.69 Å². The summed E-state index contributed by atoms with van der Waals surface area (Å²) in [5.74, 6) is -2.34. The molecule has 1 fully saturated rings. The van der Waals surface area contributed by atoms with Crippen LogP contribution < -0.4 is 10.2 Å². The molecule has 1 aromatic carbocycles. The van der Waals surface area contributed by atoms with E-state index in [0.717, 1.165) is 21.1 Å². The number of carbonyl (C=O) groups is 4. The first-order chi connectivity index (χ1) is 11.3. The van der Waals surface area contributed by atoms with E-state index in [0.29, 0.717) is 5.69 Å². The molecule has 1 aliphatic heterocycles. The van der Waals surface area contributed by atoms with E-state index < -0.39 is 23.2 Å². The smallest absolute Gasteiger partial charge is 0.327 e. The highest BCUT2D eigenvalue weighted by atomic mass is 79.9. The molecule has 0 bridgehead atoms. The van der Waals surface area contributed by atoms with Crippen LogP contribution in [0.5, 0.6) is 0 Å². The molecule has 3 amide bonds. The Kier molecular flexibility index (Phi) is 6.00. The molecule has 0 aliphatic carbocycles. The highest BCUT2D eigenvalue weighted by molar-refractivity contribution is 9.10. The average molecular weight is 415 g/mol. The third-order valence-electron chi connectivity index (χ3n) is 3.33. The van der Waals surface area contributed by atoms with Crippen molar-refractivity contribution in [1.29, 1.82) is 0 Å². The molecule has 0 unspecified atom stereocenters. The molecule has 24 heavy (non-hydrogen) atoms. The molecular formula is C15H15BrN2O5S. The number of nitrogens with zero attached hydrogens (tertiary/aromatic N) is 1. The second kappa shape index (κ2) is 7.80. The maximum Gasteiger partial charge on any atom is 0.327 e. The number of benzene rings is 1. The summed E-state index contributed by atoms with van der Waals surface area (Å²) in [6, 6.07) is 5.67. The van der Waals surface area contributed by atoms with Crippen molar-refractivity contribution < 1.29 is 24.3 Å². The molecule has 9 heteroatoms. The largest absolute Gasteiger partial charge is 0.480 e. The van der Waals surface area contributed by atoms with Crippen LogP contribution in [0.1, 0.15) is 13.3 Å². The van der Waals surface area contributed by atoms with E-state index in [-0.39, 0.29) is 24.0 Å². The number of aliphatic carboxylic acids is 1. The van der Waals surface area contributed by atoms with E-state index in [1.54, 1.807) is 24.3 Å². The normalized spacial score (nSPS) is 18.6. The minimum Gasteiger partial charge on any atom is -0.480 e. The summed E-state index contributed by atoms with van der Waals surface area (Å²) in [6.07, 6.45) is 0.00593. The monoisotopic (exact) mass is 414 g/mol. The van der Waals surface area contributed by atoms with Gasteiger partial charge in [0.25, 0.3) is 0 Å². The Morgan fingerprint density at radius 1 is 1.38 bits per heavy atom. The minimum atomic E-state index is -1.18. The van der Waals surface area contributed by atoms with Gasteiger partial charge in [0.2, 0.25) is 17.7 Å². The molecule has 0 radical (unpaired) electrons. The molecule has 1 aromatic rings. The molecule has 0 aromatic heterocycles. The molecule has 7 nitrogen and oxygen atoms in total. The molecule has 2 N–H and O–H groups in total. The van der Waals surface area contributed by atoms with Crippen LogP contribution in [0.3, 0.4) is 0 Å². The van der Waals surface area contributed by atoms with Crippen LogP contribution in [0.15, 0.2) is 28.7 Å². The summed E-state index contributed by atoms with van der Waals surface area (Å²) >= 11 is 4.35. The number of halogens is 1. The van der Waals surface area contributed by atoms with E-state index in [9.17, 15) is 19.2 Å². The lowest BCUT2D eigenvalue weighted by Crippen LogP contribution is -2.42. The second-order valence-electron chi connectivity index (χ2n) is 5.16. The Morgan fingerprint density at radius 3 is 2.54 bits per heavy atom. The number of rotatable bonds is 6. The molecule has 2 atom stereocenters. The van der Waals surface area contributed by atoms with Crippen LogP contribution in [0.25, 0.3) is 0 Å². The van der Waals surface area contributed by atoms with Crippen LogP contribution in [-0.4, -0.2) is 45.8 Å². The van der Waals surface area contributed by atoms with Crippen molar-refractivity contribution in [2.75, 3.05) is 10.7 Å². The number of nitrogens with one attached hydrogen (secondary N) is 1. The lowest BCUT2D eigenvalue weighted by atomic mass is 10.3. The molecule has 2 rings (SSSR count). The van der Waals surface area contributed by atoms with Crippen molar-refractivity contribution in [3.63, 3.8) is 0 Å². The fraction of sp³-hybridized carbons (Fsp3) is 0.333. The summed E-state index contributed by atoms with van der Waals surface area (Å²) in [5, 5.41) is 10.7. The van der Waals surface area contributed by atoms with Crippen LogP contribution in [0, 0.1) is 0 Å². The number of thioether (sulfide) groups is 1. The van der Waals surface area contributed by atoms with Gasteiger partial charge in [-0.1, -0.05) is 15.9 Å². The van der Waals surface area contributed by atoms with Gasteiger partial charge < -0.3 is 10.4 Å². The lowest BCUT2D eigenvalue weighted by molar-refractivity contribution is -0.140. The molecule has 128 valence electrons. The number of hydrogen-bond acceptors (Lipinski definition) is 5. The predicted octanol–water partition coefficient (Wildman–Crippen LogP) is 1.40. The summed E-state index contributed by atoms with van der Waals surface area (Å²) < 4.78 is 0.830. The fourth-order valence-electron chi connectivity index (χ4n) is 2.23. The van der Waals surface area contributed by atoms with E-state index in [2.05, 4.69) is 21.2 Å². The van der Waals surface area contributed by atoms with E-state index in [1.807, 2.05) is 0 Å². The number of amides is 3. The van der Waals surface area contributed by atoms with Gasteiger partial charge in [0.15, 0.2) is 0 Å². The highest BCUT2D eigenvalue weighted by Crippen LogP contribution is 2.30. The van der Waals surface area contributed by atoms with Crippen molar-refractivity contribution >= 4 is 57.1 Å². The number of hydrogen-bond donors (Lipinski definition) is 2. The van der Waals surface area contributed by atoms with Gasteiger partial charge in [-0.15, -0.1) is 11.8 Å². The van der Waals surface area contributed by atoms with Gasteiger partial charge >= 0.3 is 5.97 Å². The Hall–Kier alpha value is -1.87. The zero-order chi connectivity index (χ0) is 17.9. The number of anilines is 1. The van der Waals surface area contributed by atoms with E-state index >= 15 is 0 Å². The average Bonchev–Trinajstić information content (AvgIpc) is 2.78. The Labute approximate surface area is 150 Å². The third kappa shape index (κ3) is 4.35. The standard InChI is InChI=1S/C15H15BrN2O5S/c1-8(19)17-11(15(22)23)7-24-12-6-13(20)18(14(12)21)10-4-2-9(16)3-5-10/h2-5,11-12H,6-7H2,1H3,(H,17,19)(H,22,23)/t11-,12+/m0/s1. The van der Waals surface area contributed by atoms with Crippen LogP contribution in [0.2, 0.25) is 0 Å². The Morgan fingerprint density at radius 2 is 2.00 bits per heavy atom. The van der Waals surface area contributed by atoms with Gasteiger partial charge in [0.05, 0.1) is 10.9 Å². The zero-order valence-electron chi connectivity index (χ0n) is 12.7. The van der Waals surface area contributed by atoms with Crippen molar-refractivity contribution in [1.82, 2.24) is 5.32 Å². The lowest BCUT2D eigenvalue weighted by Gasteiger charge is -2.16. The molecule has 1 heterocycles. The fourth-order valence-corrected chi connectivity index (χ4v) is 3.65. The molecular weight excluding hydrogens is 400 g/mol. The quantitative estimate of drug-likeness (QED) is 0.681. The van der Waals surface area contributed by atoms with Crippen molar-refractivity contribution in [2.45, 2.75) is 24.6 Å². The van der Waals surface area contributed by atoms with Gasteiger partial charge in [-0.2, -0.15) is 0 Å². The van der Waals surface area contributed by atoms with Gasteiger partial charge in [0, 0.05) is 23.6 Å². The summed E-state index contributed by atoms with van der Waals surface area (Å²) in [6.45, 7) is 1.22. The molecule has 1 saturated heterocycles. The topological polar surface area (TPSA) is 104 Å². The summed E-state index contributed by atoms with van der Waals surface area (Å²) in [5.41, 5.74) is 0.480. The van der Waals surface area contributed by atoms with E-state index in [4.69, 9.17) is 5.11 Å². The van der Waals surface area contributed by atoms with Gasteiger partial charge in [-0.3, -0.25) is 14.4 Å².